The van der Waals surface area contributed by atoms with Gasteiger partial charge in [0.15, 0.2) is 0 Å². The minimum absolute atomic E-state index is 0.328. The van der Waals surface area contributed by atoms with E-state index in [2.05, 4.69) is 31.2 Å². The van der Waals surface area contributed by atoms with Crippen LogP contribution in [0.1, 0.15) is 44.3 Å². The van der Waals surface area contributed by atoms with Crippen LogP contribution in [0.25, 0.3) is 0 Å². The van der Waals surface area contributed by atoms with Crippen molar-refractivity contribution in [3.8, 4) is 0 Å². The minimum Gasteiger partial charge on any atom is -0.364 e. The van der Waals surface area contributed by atoms with Crippen LogP contribution in [-0.4, -0.2) is 15.5 Å². The van der Waals surface area contributed by atoms with E-state index in [1.54, 1.807) is 0 Å². The number of nitrogens with zero attached hydrogens (tertiary/aromatic N) is 2. The molecule has 102 valence electrons. The summed E-state index contributed by atoms with van der Waals surface area (Å²) in [6.07, 6.45) is 8.48. The summed E-state index contributed by atoms with van der Waals surface area (Å²) in [5.41, 5.74) is 0.328. The van der Waals surface area contributed by atoms with Crippen LogP contribution in [-0.2, 0) is 0 Å². The zero-order valence-corrected chi connectivity index (χ0v) is 12.9. The molecule has 5 rings (SSSR count). The average molecular weight is 322 g/mol. The lowest BCUT2D eigenvalue weighted by molar-refractivity contribution is 0.0105. The molecule has 4 aliphatic rings. The molecule has 1 aromatic rings. The predicted molar refractivity (Wildman–Crippen MR) is 79.0 cm³/mol. The Balaban J connectivity index is 1.62. The summed E-state index contributed by atoms with van der Waals surface area (Å²) >= 11 is 3.47. The molecule has 4 heteroatoms. The maximum atomic E-state index is 4.56. The molecular weight excluding hydrogens is 302 g/mol. The molecule has 0 aliphatic heterocycles. The molecule has 4 bridgehead atoms. The Labute approximate surface area is 122 Å². The monoisotopic (exact) mass is 321 g/mol. The number of anilines is 1. The van der Waals surface area contributed by atoms with Crippen LogP contribution in [0, 0.1) is 24.7 Å². The Morgan fingerprint density at radius 3 is 2.21 bits per heavy atom. The van der Waals surface area contributed by atoms with Crippen molar-refractivity contribution in [3.05, 3.63) is 16.5 Å². The Bertz CT molecular complexity index is 459. The molecule has 3 nitrogen and oxygen atoms in total. The Morgan fingerprint density at radius 1 is 1.11 bits per heavy atom. The second-order valence-corrected chi connectivity index (χ2v) is 7.76. The van der Waals surface area contributed by atoms with Gasteiger partial charge in [-0.1, -0.05) is 0 Å². The molecule has 4 fully saturated rings. The highest BCUT2D eigenvalue weighted by atomic mass is 79.9. The molecule has 1 heterocycles. The maximum absolute atomic E-state index is 4.56. The lowest BCUT2D eigenvalue weighted by Crippen LogP contribution is -2.54. The summed E-state index contributed by atoms with van der Waals surface area (Å²) in [6.45, 7) is 1.95. The molecule has 0 saturated heterocycles. The van der Waals surface area contributed by atoms with Crippen LogP contribution >= 0.6 is 15.9 Å². The zero-order chi connectivity index (χ0) is 13.0. The molecule has 19 heavy (non-hydrogen) atoms. The minimum atomic E-state index is 0.328. The van der Waals surface area contributed by atoms with Crippen molar-refractivity contribution in [1.29, 1.82) is 0 Å². The van der Waals surface area contributed by atoms with Gasteiger partial charge in [0.1, 0.15) is 16.2 Å². The molecule has 1 aromatic heterocycles. The third-order valence-corrected chi connectivity index (χ3v) is 5.64. The number of rotatable bonds is 2. The Hall–Kier alpha value is -0.640. The fraction of sp³-hybridized carbons (Fsp3) is 0.733. The van der Waals surface area contributed by atoms with E-state index in [1.807, 2.05) is 13.0 Å². The van der Waals surface area contributed by atoms with Crippen LogP contribution in [0.3, 0.4) is 0 Å². The molecule has 4 aliphatic carbocycles. The molecule has 1 N–H and O–H groups in total. The maximum Gasteiger partial charge on any atom is 0.131 e. The van der Waals surface area contributed by atoms with E-state index >= 15 is 0 Å². The van der Waals surface area contributed by atoms with Crippen molar-refractivity contribution >= 4 is 21.7 Å². The van der Waals surface area contributed by atoms with E-state index in [0.717, 1.165) is 34.0 Å². The van der Waals surface area contributed by atoms with Crippen molar-refractivity contribution in [3.63, 3.8) is 0 Å². The van der Waals surface area contributed by atoms with Crippen molar-refractivity contribution < 1.29 is 0 Å². The first-order chi connectivity index (χ1) is 9.10. The first-order valence-corrected chi connectivity index (χ1v) is 8.19. The smallest absolute Gasteiger partial charge is 0.131 e. The van der Waals surface area contributed by atoms with Crippen LogP contribution in [0.5, 0.6) is 0 Å². The van der Waals surface area contributed by atoms with Gasteiger partial charge in [-0.05, 0) is 79.1 Å². The van der Waals surface area contributed by atoms with Crippen molar-refractivity contribution in [2.45, 2.75) is 51.0 Å². The van der Waals surface area contributed by atoms with Gasteiger partial charge in [0.25, 0.3) is 0 Å². The summed E-state index contributed by atoms with van der Waals surface area (Å²) in [4.78, 5) is 8.85. The summed E-state index contributed by atoms with van der Waals surface area (Å²) in [5.74, 6) is 4.73. The van der Waals surface area contributed by atoms with E-state index < -0.39 is 0 Å². The van der Waals surface area contributed by atoms with E-state index in [4.69, 9.17) is 0 Å². The molecular formula is C15H20BrN3. The average Bonchev–Trinajstić information content (AvgIpc) is 2.23. The molecule has 0 amide bonds. The second kappa shape index (κ2) is 4.18. The van der Waals surface area contributed by atoms with Crippen LogP contribution < -0.4 is 5.32 Å². The third kappa shape index (κ3) is 2.18. The second-order valence-electron chi connectivity index (χ2n) is 6.95. The van der Waals surface area contributed by atoms with Gasteiger partial charge in [-0.2, -0.15) is 0 Å². The standard InChI is InChI=1S/C15H20BrN3/c1-9-17-13(16)5-14(18-9)19-15-6-10-2-11(7-15)4-12(3-10)8-15/h5,10-12H,2-4,6-8H2,1H3,(H,17,18,19). The van der Waals surface area contributed by atoms with Crippen molar-refractivity contribution in [2.24, 2.45) is 17.8 Å². The summed E-state index contributed by atoms with van der Waals surface area (Å²) in [6, 6.07) is 2.02. The van der Waals surface area contributed by atoms with Gasteiger partial charge in [-0.25, -0.2) is 9.97 Å². The fourth-order valence-corrected chi connectivity index (χ4v) is 5.60. The number of nitrogens with one attached hydrogen (secondary N) is 1. The number of hydrogen-bond acceptors (Lipinski definition) is 3. The lowest BCUT2D eigenvalue weighted by atomic mass is 9.53. The molecule has 0 spiro atoms. The van der Waals surface area contributed by atoms with Gasteiger partial charge < -0.3 is 5.32 Å². The fourth-order valence-electron chi connectivity index (χ4n) is 5.13. The van der Waals surface area contributed by atoms with Gasteiger partial charge >= 0.3 is 0 Å². The largest absolute Gasteiger partial charge is 0.364 e. The van der Waals surface area contributed by atoms with E-state index in [-0.39, 0.29) is 0 Å². The van der Waals surface area contributed by atoms with Crippen LogP contribution in [0.15, 0.2) is 10.7 Å². The first kappa shape index (κ1) is 12.1. The summed E-state index contributed by atoms with van der Waals surface area (Å²) < 4.78 is 0.882. The number of halogens is 1. The molecule has 0 radical (unpaired) electrons. The van der Waals surface area contributed by atoms with Gasteiger partial charge in [0, 0.05) is 11.6 Å². The van der Waals surface area contributed by atoms with Gasteiger partial charge in [-0.15, -0.1) is 0 Å². The zero-order valence-electron chi connectivity index (χ0n) is 11.3. The quantitative estimate of drug-likeness (QED) is 0.839. The van der Waals surface area contributed by atoms with Gasteiger partial charge in [-0.3, -0.25) is 0 Å². The molecule has 0 unspecified atom stereocenters. The van der Waals surface area contributed by atoms with E-state index in [0.29, 0.717) is 5.54 Å². The number of hydrogen-bond donors (Lipinski definition) is 1. The molecule has 0 atom stereocenters. The molecule has 0 aromatic carbocycles. The highest BCUT2D eigenvalue weighted by Crippen LogP contribution is 2.56. The normalized spacial score (nSPS) is 39.6. The summed E-state index contributed by atoms with van der Waals surface area (Å²) in [5, 5.41) is 3.79. The van der Waals surface area contributed by atoms with Crippen molar-refractivity contribution in [1.82, 2.24) is 9.97 Å². The van der Waals surface area contributed by atoms with Crippen molar-refractivity contribution in [2.75, 3.05) is 5.32 Å². The van der Waals surface area contributed by atoms with Gasteiger partial charge in [0.2, 0.25) is 0 Å². The van der Waals surface area contributed by atoms with Crippen LogP contribution in [0.2, 0.25) is 0 Å². The highest BCUT2D eigenvalue weighted by Gasteiger charge is 2.51. The third-order valence-electron chi connectivity index (χ3n) is 5.24. The number of aromatic nitrogens is 2. The van der Waals surface area contributed by atoms with Gasteiger partial charge in [0.05, 0.1) is 0 Å². The van der Waals surface area contributed by atoms with E-state index in [1.165, 1.54) is 38.5 Å². The Morgan fingerprint density at radius 2 is 1.68 bits per heavy atom. The SMILES string of the molecule is Cc1nc(Br)cc(NC23CC4CC(CC(C4)C2)C3)n1. The highest BCUT2D eigenvalue weighted by molar-refractivity contribution is 9.10. The number of aryl methyl sites for hydroxylation is 1. The molecule has 4 saturated carbocycles. The summed E-state index contributed by atoms with van der Waals surface area (Å²) in [7, 11) is 0. The van der Waals surface area contributed by atoms with E-state index in [9.17, 15) is 0 Å². The first-order valence-electron chi connectivity index (χ1n) is 7.40. The lowest BCUT2D eigenvalue weighted by Gasteiger charge is -2.57. The topological polar surface area (TPSA) is 37.8 Å². The van der Waals surface area contributed by atoms with Crippen LogP contribution in [0.4, 0.5) is 5.82 Å². The Kier molecular flexibility index (Phi) is 2.66. The predicted octanol–water partition coefficient (Wildman–Crippen LogP) is 3.93.